The minimum absolute atomic E-state index is 0.152. The van der Waals surface area contributed by atoms with Crippen LogP contribution in [0.4, 0.5) is 0 Å². The lowest BCUT2D eigenvalue weighted by Crippen LogP contribution is -2.52. The van der Waals surface area contributed by atoms with E-state index in [-0.39, 0.29) is 29.6 Å². The molecule has 4 amide bonds. The first-order chi connectivity index (χ1) is 20.1. The van der Waals surface area contributed by atoms with Crippen LogP contribution in [0.5, 0.6) is 0 Å². The zero-order valence-electron chi connectivity index (χ0n) is 24.1. The summed E-state index contributed by atoms with van der Waals surface area (Å²) in [6.45, 7) is 6.37. The zero-order valence-corrected chi connectivity index (χ0v) is 25.7. The van der Waals surface area contributed by atoms with Crippen LogP contribution in [0.25, 0.3) is 5.57 Å². The molecule has 42 heavy (non-hydrogen) atoms. The third-order valence-corrected chi connectivity index (χ3v) is 10.6. The molecule has 0 bridgehead atoms. The van der Waals surface area contributed by atoms with Gasteiger partial charge in [-0.05, 0) is 91.0 Å². The average Bonchev–Trinajstić information content (AvgIpc) is 3.28. The molecule has 3 aliphatic heterocycles. The van der Waals surface area contributed by atoms with Crippen molar-refractivity contribution in [2.45, 2.75) is 81.5 Å². The number of nitrogens with one attached hydrogen (secondary N) is 1. The molecule has 2 saturated heterocycles. The van der Waals surface area contributed by atoms with Crippen LogP contribution in [0.15, 0.2) is 52.9 Å². The number of fused-ring (bicyclic) bond motifs is 1. The molecule has 0 radical (unpaired) electrons. The molecule has 0 spiro atoms. The van der Waals surface area contributed by atoms with Crippen molar-refractivity contribution in [1.29, 1.82) is 0 Å². The number of allylic oxidation sites excluding steroid dienone is 1. The molecule has 2 aromatic carbocycles. The second-order valence-electron chi connectivity index (χ2n) is 12.6. The van der Waals surface area contributed by atoms with Crippen molar-refractivity contribution in [3.63, 3.8) is 0 Å². The Labute approximate surface area is 256 Å². The maximum atomic E-state index is 13.8. The number of carbonyl (C=O) groups excluding carboxylic acids is 4. The number of amides is 4. The summed E-state index contributed by atoms with van der Waals surface area (Å²) >= 11 is 7.95. The van der Waals surface area contributed by atoms with Crippen molar-refractivity contribution in [3.8, 4) is 0 Å². The maximum absolute atomic E-state index is 13.8. The third-order valence-electron chi connectivity index (χ3n) is 9.05. The van der Waals surface area contributed by atoms with Crippen molar-refractivity contribution in [2.75, 3.05) is 13.1 Å². The number of imide groups is 1. The van der Waals surface area contributed by atoms with Crippen LogP contribution in [-0.4, -0.2) is 57.8 Å². The number of thioether (sulfide) groups is 1. The molecule has 0 aromatic heterocycles. The van der Waals surface area contributed by atoms with E-state index < -0.39 is 11.9 Å². The summed E-state index contributed by atoms with van der Waals surface area (Å²) in [5.74, 6) is -0.658. The van der Waals surface area contributed by atoms with Gasteiger partial charge < -0.3 is 9.80 Å². The number of carbonyl (C=O) groups is 4. The molecule has 1 N–H and O–H groups in total. The number of rotatable bonds is 5. The van der Waals surface area contributed by atoms with E-state index in [2.05, 4.69) is 25.2 Å². The molecule has 9 heteroatoms. The van der Waals surface area contributed by atoms with E-state index in [1.807, 2.05) is 41.3 Å². The Balaban J connectivity index is 1.09. The Morgan fingerprint density at radius 1 is 1.00 bits per heavy atom. The first-order valence-corrected chi connectivity index (χ1v) is 16.1. The highest BCUT2D eigenvalue weighted by atomic mass is 35.5. The molecule has 2 fully saturated rings. The van der Waals surface area contributed by atoms with Crippen molar-refractivity contribution < 1.29 is 19.2 Å². The number of benzene rings is 2. The van der Waals surface area contributed by atoms with Gasteiger partial charge in [-0.2, -0.15) is 0 Å². The number of halogens is 1. The molecular weight excluding hydrogens is 570 g/mol. The second kappa shape index (κ2) is 11.5. The Morgan fingerprint density at radius 3 is 2.45 bits per heavy atom. The van der Waals surface area contributed by atoms with Crippen molar-refractivity contribution in [2.24, 2.45) is 5.41 Å². The minimum atomic E-state index is -0.605. The minimum Gasteiger partial charge on any atom is -0.339 e. The molecular formula is C33H36ClN3O4S. The van der Waals surface area contributed by atoms with Gasteiger partial charge in [0, 0.05) is 52.4 Å². The fraction of sp³-hybridized carbons (Fsp3) is 0.455. The van der Waals surface area contributed by atoms with Crippen LogP contribution in [0.1, 0.15) is 80.3 Å². The van der Waals surface area contributed by atoms with Gasteiger partial charge in [0.05, 0.1) is 0 Å². The van der Waals surface area contributed by atoms with E-state index in [0.29, 0.717) is 28.8 Å². The first-order valence-electron chi connectivity index (χ1n) is 14.8. The molecule has 7 nitrogen and oxygen atoms in total. The number of hydrogen-bond donors (Lipinski definition) is 1. The van der Waals surface area contributed by atoms with Crippen molar-refractivity contribution in [1.82, 2.24) is 15.1 Å². The summed E-state index contributed by atoms with van der Waals surface area (Å²) in [6.07, 6.45) is 5.09. The van der Waals surface area contributed by atoms with Crippen molar-refractivity contribution >= 4 is 52.6 Å². The van der Waals surface area contributed by atoms with Gasteiger partial charge in [0.15, 0.2) is 0 Å². The topological polar surface area (TPSA) is 86.8 Å². The molecule has 4 aliphatic rings. The van der Waals surface area contributed by atoms with Crippen LogP contribution < -0.4 is 5.32 Å². The van der Waals surface area contributed by atoms with E-state index in [1.165, 1.54) is 0 Å². The predicted molar refractivity (Wildman–Crippen MR) is 164 cm³/mol. The van der Waals surface area contributed by atoms with Crippen LogP contribution >= 0.6 is 23.4 Å². The van der Waals surface area contributed by atoms with E-state index in [4.69, 9.17) is 11.6 Å². The lowest BCUT2D eigenvalue weighted by atomic mass is 9.72. The Hall–Kier alpha value is -3.10. The van der Waals surface area contributed by atoms with Crippen LogP contribution in [0.3, 0.4) is 0 Å². The summed E-state index contributed by atoms with van der Waals surface area (Å²) < 4.78 is 0. The lowest BCUT2D eigenvalue weighted by molar-refractivity contribution is -0.137. The van der Waals surface area contributed by atoms with E-state index in [1.54, 1.807) is 16.7 Å². The van der Waals surface area contributed by atoms with Gasteiger partial charge in [0.1, 0.15) is 6.04 Å². The number of likely N-dealkylation sites (tertiary alicyclic amines) is 1. The maximum Gasteiger partial charge on any atom is 0.255 e. The lowest BCUT2D eigenvalue weighted by Gasteiger charge is -2.37. The van der Waals surface area contributed by atoms with E-state index in [9.17, 15) is 19.2 Å². The second-order valence-corrected chi connectivity index (χ2v) is 14.4. The normalized spacial score (nSPS) is 22.8. The van der Waals surface area contributed by atoms with Gasteiger partial charge >= 0.3 is 0 Å². The highest BCUT2D eigenvalue weighted by molar-refractivity contribution is 8.00. The van der Waals surface area contributed by atoms with Crippen LogP contribution in [0, 0.1) is 5.41 Å². The van der Waals surface area contributed by atoms with Gasteiger partial charge in [-0.25, -0.2) is 0 Å². The summed E-state index contributed by atoms with van der Waals surface area (Å²) in [7, 11) is 0. The fourth-order valence-electron chi connectivity index (χ4n) is 6.64. The Morgan fingerprint density at radius 2 is 1.74 bits per heavy atom. The summed E-state index contributed by atoms with van der Waals surface area (Å²) in [5.41, 5.74) is 4.90. The summed E-state index contributed by atoms with van der Waals surface area (Å²) in [5, 5.41) is 3.43. The molecule has 2 aromatic rings. The van der Waals surface area contributed by atoms with E-state index >= 15 is 0 Å². The van der Waals surface area contributed by atoms with Gasteiger partial charge in [-0.3, -0.25) is 24.5 Å². The highest BCUT2D eigenvalue weighted by Gasteiger charge is 2.39. The summed E-state index contributed by atoms with van der Waals surface area (Å²) in [6, 6.07) is 13.2. The first kappa shape index (κ1) is 29.0. The van der Waals surface area contributed by atoms with Crippen molar-refractivity contribution in [3.05, 3.63) is 69.8 Å². The number of nitrogens with zero attached hydrogens (tertiary/aromatic N) is 2. The molecule has 1 aliphatic carbocycles. The number of hydrogen-bond acceptors (Lipinski definition) is 5. The quantitative estimate of drug-likeness (QED) is 0.432. The SMILES string of the molecule is CC1(C)CCC(C(=O)N2CCC(Sc3ccc4c(c3)CN(C3CCC(=O)NC3=O)C4=O)CC2)=C(c2ccc(Cl)cc2)C1. The number of piperidine rings is 2. The molecule has 6 rings (SSSR count). The molecule has 1 atom stereocenters. The molecule has 220 valence electrons. The highest BCUT2D eigenvalue weighted by Crippen LogP contribution is 2.44. The zero-order chi connectivity index (χ0) is 29.6. The van der Waals surface area contributed by atoms with Gasteiger partial charge in [-0.15, -0.1) is 11.8 Å². The third kappa shape index (κ3) is 5.88. The summed E-state index contributed by atoms with van der Waals surface area (Å²) in [4.78, 5) is 55.4. The van der Waals surface area contributed by atoms with Gasteiger partial charge in [0.25, 0.3) is 5.91 Å². The van der Waals surface area contributed by atoms with Gasteiger partial charge in [0.2, 0.25) is 17.7 Å². The molecule has 3 heterocycles. The Kier molecular flexibility index (Phi) is 7.96. The standard InChI is InChI=1S/C33H36ClN3O4S/c1-33(2)14-11-26(27(18-33)20-3-5-22(34)6-4-20)31(40)36-15-12-23(13-16-36)42-24-7-8-25-21(17-24)19-37(32(25)41)28-9-10-29(38)35-30(28)39/h3-8,17,23,28H,9-16,18-19H2,1-2H3,(H,35,38,39). The molecule has 0 saturated carbocycles. The van der Waals surface area contributed by atoms with Gasteiger partial charge in [-0.1, -0.05) is 37.6 Å². The average molecular weight is 606 g/mol. The Bertz CT molecular complexity index is 1480. The predicted octanol–water partition coefficient (Wildman–Crippen LogP) is 5.85. The van der Waals surface area contributed by atoms with Crippen LogP contribution in [-0.2, 0) is 20.9 Å². The molecule has 1 unspecified atom stereocenters. The van der Waals surface area contributed by atoms with E-state index in [0.717, 1.165) is 72.4 Å². The largest absolute Gasteiger partial charge is 0.339 e. The smallest absolute Gasteiger partial charge is 0.255 e. The monoisotopic (exact) mass is 605 g/mol. The van der Waals surface area contributed by atoms with Crippen LogP contribution in [0.2, 0.25) is 5.02 Å². The fourth-order valence-corrected chi connectivity index (χ4v) is 7.95.